The molecule has 0 unspecified atom stereocenters. The molecule has 0 fully saturated rings. The summed E-state index contributed by atoms with van der Waals surface area (Å²) in [6.45, 7) is 0. The van der Waals surface area contributed by atoms with Gasteiger partial charge < -0.3 is 0 Å². The minimum atomic E-state index is -1.54. The molecule has 1 N–H and O–H groups in total. The van der Waals surface area contributed by atoms with Crippen molar-refractivity contribution in [1.82, 2.24) is 0 Å². The first-order chi connectivity index (χ1) is 2.77. The second kappa shape index (κ2) is 6.17. The third kappa shape index (κ3) is 10.7. The van der Waals surface area contributed by atoms with Gasteiger partial charge in [0.2, 0.25) is 0 Å². The van der Waals surface area contributed by atoms with E-state index >= 15 is 0 Å². The van der Waals surface area contributed by atoms with Crippen molar-refractivity contribution >= 4 is 6.16 Å². The fraction of sp³-hybridized carbons (Fsp3) is 0. The van der Waals surface area contributed by atoms with Crippen LogP contribution in [-0.2, 0) is 22.7 Å². The molecule has 4 nitrogen and oxygen atoms in total. The van der Waals surface area contributed by atoms with Crippen LogP contribution in [0.3, 0.4) is 0 Å². The molecule has 0 amide bonds. The van der Waals surface area contributed by atoms with Gasteiger partial charge in [-0.2, -0.15) is 0 Å². The third-order valence-electron chi connectivity index (χ3n) is 0.0860. The molecule has 0 aromatic rings. The van der Waals surface area contributed by atoms with E-state index in [2.05, 4.69) is 3.85 Å². The summed E-state index contributed by atoms with van der Waals surface area (Å²) < 4.78 is 12.5. The summed E-state index contributed by atoms with van der Waals surface area (Å²) in [6.07, 6.45) is -1.54. The van der Waals surface area contributed by atoms with Crippen molar-refractivity contribution < 1.29 is 51.4 Å². The SMILES string of the molecule is [Li+].[O]=[Co-][O]C(=O)O. The van der Waals surface area contributed by atoms with Crippen molar-refractivity contribution in [3.63, 3.8) is 0 Å². The Hall–Kier alpha value is 0.174. The molecule has 0 radical (unpaired) electrons. The molecule has 6 heteroatoms. The Labute approximate surface area is 57.9 Å². The van der Waals surface area contributed by atoms with E-state index < -0.39 is 21.1 Å². The van der Waals surface area contributed by atoms with Crippen LogP contribution in [-0.4, -0.2) is 11.3 Å². The summed E-state index contributed by atoms with van der Waals surface area (Å²) in [4.78, 5) is 9.17. The molecule has 0 aliphatic rings. The first-order valence-corrected chi connectivity index (χ1v) is 1.75. The maximum absolute atomic E-state index is 9.17. The normalized spacial score (nSPS) is 6.86. The van der Waals surface area contributed by atoms with Crippen LogP contribution < -0.4 is 18.9 Å². The molecule has 0 aliphatic heterocycles. The average Bonchev–Trinajstić information content (AvgIpc) is 1.35. The van der Waals surface area contributed by atoms with Gasteiger partial charge >= 0.3 is 57.6 Å². The molecule has 0 saturated carbocycles. The number of carbonyl (C=O) groups is 1. The Balaban J connectivity index is 0. The molecule has 0 rings (SSSR count). The van der Waals surface area contributed by atoms with Crippen molar-refractivity contribution in [3.05, 3.63) is 0 Å². The van der Waals surface area contributed by atoms with Crippen molar-refractivity contribution in [2.45, 2.75) is 0 Å². The summed E-state index contributed by atoms with van der Waals surface area (Å²) in [6, 6.07) is 0. The molecule has 0 aromatic heterocycles. The molecule has 0 saturated heterocycles. The van der Waals surface area contributed by atoms with Crippen molar-refractivity contribution in [3.8, 4) is 0 Å². The monoisotopic (exact) mass is 143 g/mol. The first-order valence-electron chi connectivity index (χ1n) is 0.904. The van der Waals surface area contributed by atoms with Gasteiger partial charge in [0.15, 0.2) is 0 Å². The van der Waals surface area contributed by atoms with E-state index in [-0.39, 0.29) is 18.9 Å². The van der Waals surface area contributed by atoms with E-state index in [1.807, 2.05) is 0 Å². The van der Waals surface area contributed by atoms with E-state index in [0.717, 1.165) is 0 Å². The van der Waals surface area contributed by atoms with E-state index in [1.165, 1.54) is 0 Å². The zero-order valence-electron chi connectivity index (χ0n) is 3.51. The Bertz CT molecular complexity index is 72.1. The molecule has 0 atom stereocenters. The van der Waals surface area contributed by atoms with Crippen LogP contribution in [0.15, 0.2) is 0 Å². The van der Waals surface area contributed by atoms with Crippen LogP contribution in [0.5, 0.6) is 0 Å². The van der Waals surface area contributed by atoms with Gasteiger partial charge in [-0.25, -0.2) is 0 Å². The van der Waals surface area contributed by atoms with Gasteiger partial charge in [-0.05, 0) is 0 Å². The van der Waals surface area contributed by atoms with Crippen LogP contribution in [0.4, 0.5) is 4.79 Å². The van der Waals surface area contributed by atoms with Crippen molar-refractivity contribution in [2.75, 3.05) is 0 Å². The standard InChI is InChI=1S/CH2O3.Co.Li.O/c2-1(3)4;;;/h(H2,2,3,4);;;/q;;+1;/p-1. The second-order valence-corrected chi connectivity index (χ2v) is 0.776. The van der Waals surface area contributed by atoms with Gasteiger partial charge in [-0.1, -0.05) is 0 Å². The second-order valence-electron chi connectivity index (χ2n) is 0.390. The van der Waals surface area contributed by atoms with E-state index in [0.29, 0.717) is 0 Å². The van der Waals surface area contributed by atoms with Gasteiger partial charge in [-0.15, -0.1) is 0 Å². The summed E-state index contributed by atoms with van der Waals surface area (Å²) in [5.74, 6) is 0. The van der Waals surface area contributed by atoms with E-state index in [1.54, 1.807) is 0 Å². The topological polar surface area (TPSA) is 63.6 Å². The fourth-order valence-corrected chi connectivity index (χ4v) is 0.0980. The minimum absolute atomic E-state index is 0. The van der Waals surface area contributed by atoms with Gasteiger partial charge in [0.05, 0.1) is 0 Å². The Morgan fingerprint density at radius 3 is 2.14 bits per heavy atom. The van der Waals surface area contributed by atoms with Gasteiger partial charge in [0.1, 0.15) is 0 Å². The molecular formula is CHCoLiO4. The molecule has 0 spiro atoms. The van der Waals surface area contributed by atoms with Gasteiger partial charge in [0.25, 0.3) is 0 Å². The zero-order chi connectivity index (χ0) is 4.99. The molecular weight excluding hydrogens is 142 g/mol. The Morgan fingerprint density at radius 2 is 2.14 bits per heavy atom. The quantitative estimate of drug-likeness (QED) is 0.398. The van der Waals surface area contributed by atoms with Crippen LogP contribution in [0.1, 0.15) is 0 Å². The van der Waals surface area contributed by atoms with Gasteiger partial charge in [0, 0.05) is 0 Å². The number of hydrogen-bond acceptors (Lipinski definition) is 3. The van der Waals surface area contributed by atoms with Gasteiger partial charge in [-0.3, -0.25) is 0 Å². The average molecular weight is 143 g/mol. The van der Waals surface area contributed by atoms with E-state index in [9.17, 15) is 0 Å². The third-order valence-corrected chi connectivity index (χ3v) is 0.355. The Morgan fingerprint density at radius 1 is 1.71 bits per heavy atom. The van der Waals surface area contributed by atoms with Crippen molar-refractivity contribution in [1.29, 1.82) is 0 Å². The van der Waals surface area contributed by atoms with Crippen LogP contribution in [0, 0.1) is 0 Å². The van der Waals surface area contributed by atoms with Crippen molar-refractivity contribution in [2.24, 2.45) is 0 Å². The summed E-state index contributed by atoms with van der Waals surface area (Å²) in [5.41, 5.74) is 0. The first kappa shape index (κ1) is 10.2. The van der Waals surface area contributed by atoms with E-state index in [4.69, 9.17) is 13.8 Å². The number of hydrogen-bond donors (Lipinski definition) is 1. The maximum atomic E-state index is 9.17. The summed E-state index contributed by atoms with van der Waals surface area (Å²) in [5, 5.41) is 7.48. The Kier molecular flexibility index (Phi) is 9.01. The summed E-state index contributed by atoms with van der Waals surface area (Å²) in [7, 11) is 0. The van der Waals surface area contributed by atoms with Crippen LogP contribution >= 0.6 is 0 Å². The predicted octanol–water partition coefficient (Wildman–Crippen LogP) is -2.97. The predicted molar refractivity (Wildman–Crippen MR) is 9.80 cm³/mol. The van der Waals surface area contributed by atoms with Crippen LogP contribution in [0.25, 0.3) is 0 Å². The molecule has 39 valence electrons. The van der Waals surface area contributed by atoms with Crippen LogP contribution in [0.2, 0.25) is 0 Å². The summed E-state index contributed by atoms with van der Waals surface area (Å²) >= 11 is -0.802. The number of rotatable bonds is 1. The molecule has 0 bridgehead atoms. The molecule has 0 aromatic carbocycles. The zero-order valence-corrected chi connectivity index (χ0v) is 4.55. The fourth-order valence-electron chi connectivity index (χ4n) is 0.0238. The molecule has 0 aliphatic carbocycles. The molecule has 7 heavy (non-hydrogen) atoms. The molecule has 0 heterocycles. The number of carboxylic acid groups (broad SMARTS) is 1.